The first-order valence-electron chi connectivity index (χ1n) is 4.91. The van der Waals surface area contributed by atoms with Crippen LogP contribution in [-0.4, -0.2) is 69.5 Å². The third-order valence-electron chi connectivity index (χ3n) is 2.13. The van der Waals surface area contributed by atoms with Gasteiger partial charge in [-0.05, 0) is 0 Å². The van der Waals surface area contributed by atoms with Crippen molar-refractivity contribution in [1.29, 1.82) is 0 Å². The lowest BCUT2D eigenvalue weighted by atomic mass is 10.4. The minimum absolute atomic E-state index is 0.225. The van der Waals surface area contributed by atoms with Gasteiger partial charge in [-0.25, -0.2) is 0 Å². The van der Waals surface area contributed by atoms with Crippen LogP contribution in [0.4, 0.5) is 0 Å². The molecule has 0 aromatic heterocycles. The lowest BCUT2D eigenvalue weighted by Gasteiger charge is -2.26. The first kappa shape index (κ1) is 11.9. The summed E-state index contributed by atoms with van der Waals surface area (Å²) in [4.78, 5) is 2.25. The summed E-state index contributed by atoms with van der Waals surface area (Å²) in [6, 6.07) is 0. The topological polar surface area (TPSA) is 51.2 Å². The van der Waals surface area contributed by atoms with E-state index in [-0.39, 0.29) is 6.61 Å². The third kappa shape index (κ3) is 4.88. The highest BCUT2D eigenvalue weighted by molar-refractivity contribution is 4.60. The summed E-state index contributed by atoms with van der Waals surface area (Å²) < 4.78 is 15.1. The predicted molar refractivity (Wildman–Crippen MR) is 51.1 cm³/mol. The zero-order chi connectivity index (χ0) is 10.2. The molecule has 0 amide bonds. The van der Waals surface area contributed by atoms with E-state index in [1.165, 1.54) is 7.11 Å². The van der Waals surface area contributed by atoms with Crippen LogP contribution >= 0.6 is 0 Å². The Morgan fingerprint density at radius 1 is 1.43 bits per heavy atom. The molecule has 0 bridgehead atoms. The van der Waals surface area contributed by atoms with Crippen LogP contribution in [0.1, 0.15) is 0 Å². The molecule has 1 atom stereocenters. The Morgan fingerprint density at radius 3 is 2.79 bits per heavy atom. The van der Waals surface area contributed by atoms with Crippen molar-refractivity contribution in [2.24, 2.45) is 0 Å². The lowest BCUT2D eigenvalue weighted by molar-refractivity contribution is -0.135. The Hall–Kier alpha value is -0.200. The molecule has 1 unspecified atom stereocenters. The number of rotatable bonds is 6. The predicted octanol–water partition coefficient (Wildman–Crippen LogP) is -0.700. The second kappa shape index (κ2) is 7.14. The van der Waals surface area contributed by atoms with E-state index in [0.29, 0.717) is 6.61 Å². The summed E-state index contributed by atoms with van der Waals surface area (Å²) in [5, 5.41) is 9.19. The van der Waals surface area contributed by atoms with Gasteiger partial charge in [0, 0.05) is 26.7 Å². The molecular weight excluding hydrogens is 186 g/mol. The molecule has 0 saturated carbocycles. The molecule has 0 radical (unpaired) electrons. The van der Waals surface area contributed by atoms with Crippen LogP contribution in [0.25, 0.3) is 0 Å². The largest absolute Gasteiger partial charge is 0.379 e. The molecule has 0 aromatic carbocycles. The van der Waals surface area contributed by atoms with Gasteiger partial charge in [0.05, 0.1) is 26.4 Å². The van der Waals surface area contributed by atoms with Gasteiger partial charge in [-0.2, -0.15) is 0 Å². The number of hydrogen-bond donors (Lipinski definition) is 1. The van der Waals surface area contributed by atoms with Gasteiger partial charge in [-0.3, -0.25) is 4.90 Å². The van der Waals surface area contributed by atoms with E-state index in [1.807, 2.05) is 0 Å². The van der Waals surface area contributed by atoms with Gasteiger partial charge in [0.25, 0.3) is 0 Å². The highest BCUT2D eigenvalue weighted by Crippen LogP contribution is 1.96. The standard InChI is InChI=1S/C9H19NO4/c1-12-8-9(11)14-7-4-10-2-5-13-6-3-10/h9,11H,2-8H2,1H3. The van der Waals surface area contributed by atoms with Crippen molar-refractivity contribution >= 4 is 0 Å². The summed E-state index contributed by atoms with van der Waals surface area (Å²) in [5.74, 6) is 0. The summed E-state index contributed by atoms with van der Waals surface area (Å²) in [6.45, 7) is 5.08. The lowest BCUT2D eigenvalue weighted by Crippen LogP contribution is -2.39. The molecule has 1 aliphatic rings. The summed E-state index contributed by atoms with van der Waals surface area (Å²) in [5.41, 5.74) is 0. The minimum Gasteiger partial charge on any atom is -0.379 e. The molecule has 5 heteroatoms. The summed E-state index contributed by atoms with van der Waals surface area (Å²) >= 11 is 0. The Balaban J connectivity index is 1.96. The normalized spacial score (nSPS) is 21.0. The van der Waals surface area contributed by atoms with Gasteiger partial charge >= 0.3 is 0 Å². The van der Waals surface area contributed by atoms with Crippen molar-refractivity contribution in [3.05, 3.63) is 0 Å². The molecule has 1 aliphatic heterocycles. The maximum absolute atomic E-state index is 9.19. The maximum atomic E-state index is 9.19. The van der Waals surface area contributed by atoms with Gasteiger partial charge in [0.15, 0.2) is 6.29 Å². The van der Waals surface area contributed by atoms with Crippen LogP contribution in [0.5, 0.6) is 0 Å². The molecule has 1 rings (SSSR count). The van der Waals surface area contributed by atoms with Crippen LogP contribution in [-0.2, 0) is 14.2 Å². The summed E-state index contributed by atoms with van der Waals surface area (Å²) in [6.07, 6.45) is -0.805. The average molecular weight is 205 g/mol. The zero-order valence-corrected chi connectivity index (χ0v) is 8.65. The van der Waals surface area contributed by atoms with Gasteiger partial charge in [-0.1, -0.05) is 0 Å². The molecule has 1 heterocycles. The fourth-order valence-corrected chi connectivity index (χ4v) is 1.33. The van der Waals surface area contributed by atoms with Crippen LogP contribution in [0.2, 0.25) is 0 Å². The summed E-state index contributed by atoms with van der Waals surface area (Å²) in [7, 11) is 1.54. The highest BCUT2D eigenvalue weighted by Gasteiger charge is 2.10. The fourth-order valence-electron chi connectivity index (χ4n) is 1.33. The molecule has 1 fully saturated rings. The molecule has 0 aromatic rings. The number of ether oxygens (including phenoxy) is 3. The Bertz CT molecular complexity index is 139. The fraction of sp³-hybridized carbons (Fsp3) is 1.00. The number of methoxy groups -OCH3 is 1. The van der Waals surface area contributed by atoms with Crippen molar-refractivity contribution in [2.45, 2.75) is 6.29 Å². The quantitative estimate of drug-likeness (QED) is 0.581. The smallest absolute Gasteiger partial charge is 0.178 e. The molecule has 5 nitrogen and oxygen atoms in total. The number of nitrogens with zero attached hydrogens (tertiary/aromatic N) is 1. The van der Waals surface area contributed by atoms with Gasteiger partial charge in [-0.15, -0.1) is 0 Å². The van der Waals surface area contributed by atoms with Crippen molar-refractivity contribution in [3.8, 4) is 0 Å². The Morgan fingerprint density at radius 2 is 2.14 bits per heavy atom. The number of morpholine rings is 1. The van der Waals surface area contributed by atoms with Crippen molar-refractivity contribution in [2.75, 3.05) is 53.2 Å². The number of aliphatic hydroxyl groups is 1. The van der Waals surface area contributed by atoms with Crippen LogP contribution < -0.4 is 0 Å². The first-order valence-corrected chi connectivity index (χ1v) is 4.91. The molecule has 1 N–H and O–H groups in total. The van der Waals surface area contributed by atoms with Crippen LogP contribution in [0, 0.1) is 0 Å². The minimum atomic E-state index is -0.805. The van der Waals surface area contributed by atoms with Crippen molar-refractivity contribution in [3.63, 3.8) is 0 Å². The van der Waals surface area contributed by atoms with Crippen molar-refractivity contribution < 1.29 is 19.3 Å². The third-order valence-corrected chi connectivity index (χ3v) is 2.13. The maximum Gasteiger partial charge on any atom is 0.178 e. The van der Waals surface area contributed by atoms with E-state index >= 15 is 0 Å². The van der Waals surface area contributed by atoms with E-state index in [2.05, 4.69) is 4.90 Å². The Kier molecular flexibility index (Phi) is 6.05. The van der Waals surface area contributed by atoms with Crippen LogP contribution in [0.3, 0.4) is 0 Å². The van der Waals surface area contributed by atoms with Crippen LogP contribution in [0.15, 0.2) is 0 Å². The van der Waals surface area contributed by atoms with Gasteiger partial charge < -0.3 is 19.3 Å². The number of aliphatic hydroxyl groups excluding tert-OH is 1. The molecule has 84 valence electrons. The van der Waals surface area contributed by atoms with E-state index in [9.17, 15) is 5.11 Å². The monoisotopic (exact) mass is 205 g/mol. The zero-order valence-electron chi connectivity index (χ0n) is 8.65. The van der Waals surface area contributed by atoms with E-state index < -0.39 is 6.29 Å². The second-order valence-electron chi connectivity index (χ2n) is 3.23. The number of hydrogen-bond acceptors (Lipinski definition) is 5. The van der Waals surface area contributed by atoms with E-state index in [0.717, 1.165) is 32.8 Å². The molecule has 0 spiro atoms. The molecule has 0 aliphatic carbocycles. The second-order valence-corrected chi connectivity index (χ2v) is 3.23. The first-order chi connectivity index (χ1) is 6.83. The van der Waals surface area contributed by atoms with E-state index in [1.54, 1.807) is 0 Å². The van der Waals surface area contributed by atoms with Crippen molar-refractivity contribution in [1.82, 2.24) is 4.90 Å². The van der Waals surface area contributed by atoms with Gasteiger partial charge in [0.1, 0.15) is 0 Å². The Labute approximate surface area is 84.5 Å². The molecular formula is C9H19NO4. The van der Waals surface area contributed by atoms with Gasteiger partial charge in [0.2, 0.25) is 0 Å². The average Bonchev–Trinajstić information content (AvgIpc) is 2.20. The SMILES string of the molecule is COCC(O)OCCN1CCOCC1. The molecule has 1 saturated heterocycles. The van der Waals surface area contributed by atoms with E-state index in [4.69, 9.17) is 14.2 Å². The molecule has 14 heavy (non-hydrogen) atoms. The highest BCUT2D eigenvalue weighted by atomic mass is 16.6.